The Kier molecular flexibility index (Phi) is 2.91. The van der Waals surface area contributed by atoms with Crippen molar-refractivity contribution in [1.82, 2.24) is 4.98 Å². The molecule has 0 unspecified atom stereocenters. The van der Waals surface area contributed by atoms with Crippen LogP contribution in [0.3, 0.4) is 0 Å². The van der Waals surface area contributed by atoms with Crippen LogP contribution in [0, 0.1) is 0 Å². The summed E-state index contributed by atoms with van der Waals surface area (Å²) >= 11 is 0. The SMILES string of the molecule is COc1cc2c(cc1OC)-c1c3c(cc4ccnc(c14)C2=O)COC3. The highest BCUT2D eigenvalue weighted by molar-refractivity contribution is 6.25. The number of pyridine rings is 1. The van der Waals surface area contributed by atoms with Crippen LogP contribution in [0.15, 0.2) is 30.5 Å². The van der Waals surface area contributed by atoms with Gasteiger partial charge in [-0.05, 0) is 51.9 Å². The minimum Gasteiger partial charge on any atom is -0.493 e. The molecule has 124 valence electrons. The Morgan fingerprint density at radius 1 is 1.04 bits per heavy atom. The molecule has 5 nitrogen and oxygen atoms in total. The molecule has 25 heavy (non-hydrogen) atoms. The first-order chi connectivity index (χ1) is 12.2. The molecule has 0 bridgehead atoms. The minimum absolute atomic E-state index is 0.0899. The molecule has 0 N–H and O–H groups in total. The van der Waals surface area contributed by atoms with E-state index in [9.17, 15) is 4.79 Å². The van der Waals surface area contributed by atoms with Gasteiger partial charge in [0.2, 0.25) is 5.78 Å². The molecule has 0 spiro atoms. The summed E-state index contributed by atoms with van der Waals surface area (Å²) in [5.41, 5.74) is 5.25. The maximum atomic E-state index is 13.1. The molecule has 5 heteroatoms. The summed E-state index contributed by atoms with van der Waals surface area (Å²) in [5.74, 6) is 1.05. The highest BCUT2D eigenvalue weighted by Crippen LogP contribution is 2.47. The van der Waals surface area contributed by atoms with Gasteiger partial charge < -0.3 is 14.2 Å². The van der Waals surface area contributed by atoms with Gasteiger partial charge >= 0.3 is 0 Å². The third kappa shape index (κ3) is 1.81. The minimum atomic E-state index is -0.0899. The van der Waals surface area contributed by atoms with E-state index in [1.807, 2.05) is 12.1 Å². The average Bonchev–Trinajstić information content (AvgIpc) is 3.11. The molecule has 2 aromatic carbocycles. The number of rotatable bonds is 2. The molecule has 1 aliphatic carbocycles. The number of nitrogens with zero attached hydrogens (tertiary/aromatic N) is 1. The lowest BCUT2D eigenvalue weighted by atomic mass is 9.81. The number of ether oxygens (including phenoxy) is 3. The largest absolute Gasteiger partial charge is 0.493 e. The second-order valence-electron chi connectivity index (χ2n) is 6.22. The fourth-order valence-corrected chi connectivity index (χ4v) is 3.87. The summed E-state index contributed by atoms with van der Waals surface area (Å²) in [4.78, 5) is 17.5. The Morgan fingerprint density at radius 2 is 1.80 bits per heavy atom. The van der Waals surface area contributed by atoms with E-state index in [0.29, 0.717) is 36.0 Å². The van der Waals surface area contributed by atoms with Crippen molar-refractivity contribution in [3.05, 3.63) is 52.8 Å². The number of carbonyl (C=O) groups is 1. The summed E-state index contributed by atoms with van der Waals surface area (Å²) in [6.07, 6.45) is 1.69. The maximum absolute atomic E-state index is 13.1. The van der Waals surface area contributed by atoms with E-state index in [0.717, 1.165) is 33.0 Å². The van der Waals surface area contributed by atoms with Gasteiger partial charge in [-0.2, -0.15) is 0 Å². The van der Waals surface area contributed by atoms with E-state index in [1.165, 1.54) is 0 Å². The van der Waals surface area contributed by atoms with Crippen LogP contribution in [0.4, 0.5) is 0 Å². The fourth-order valence-electron chi connectivity index (χ4n) is 3.87. The molecule has 0 radical (unpaired) electrons. The van der Waals surface area contributed by atoms with Crippen LogP contribution in [0.25, 0.3) is 21.9 Å². The second kappa shape index (κ2) is 5.04. The van der Waals surface area contributed by atoms with Crippen LogP contribution in [0.5, 0.6) is 11.5 Å². The van der Waals surface area contributed by atoms with Crippen LogP contribution in [-0.2, 0) is 18.0 Å². The summed E-state index contributed by atoms with van der Waals surface area (Å²) in [6, 6.07) is 7.68. The molecule has 2 aliphatic rings. The zero-order valence-corrected chi connectivity index (χ0v) is 13.9. The van der Waals surface area contributed by atoms with Gasteiger partial charge in [0.25, 0.3) is 0 Å². The molecule has 2 heterocycles. The zero-order valence-electron chi connectivity index (χ0n) is 13.9. The second-order valence-corrected chi connectivity index (χ2v) is 6.22. The van der Waals surface area contributed by atoms with Crippen molar-refractivity contribution in [3.8, 4) is 22.6 Å². The van der Waals surface area contributed by atoms with E-state index >= 15 is 0 Å². The molecule has 3 aromatic rings. The van der Waals surface area contributed by atoms with E-state index in [1.54, 1.807) is 26.5 Å². The van der Waals surface area contributed by atoms with Crippen molar-refractivity contribution in [2.75, 3.05) is 14.2 Å². The van der Waals surface area contributed by atoms with Gasteiger partial charge in [-0.15, -0.1) is 0 Å². The highest BCUT2D eigenvalue weighted by Gasteiger charge is 2.32. The number of aromatic nitrogens is 1. The molecular weight excluding hydrogens is 318 g/mol. The Hall–Kier alpha value is -2.92. The highest BCUT2D eigenvalue weighted by atomic mass is 16.5. The van der Waals surface area contributed by atoms with Gasteiger partial charge in [0, 0.05) is 17.1 Å². The van der Waals surface area contributed by atoms with Crippen molar-refractivity contribution in [3.63, 3.8) is 0 Å². The normalized spacial score (nSPS) is 14.4. The standard InChI is InChI=1S/C20H15NO4/c1-23-15-6-12-13(7-16(15)24-2)20(22)19-17-10(3-4-21-19)5-11-8-25-9-14(11)18(12)17/h3-7H,8-9H2,1-2H3. The molecule has 0 saturated heterocycles. The zero-order chi connectivity index (χ0) is 17.1. The van der Waals surface area contributed by atoms with Crippen LogP contribution in [0.1, 0.15) is 27.2 Å². The first kappa shape index (κ1) is 14.4. The summed E-state index contributed by atoms with van der Waals surface area (Å²) in [7, 11) is 3.16. The van der Waals surface area contributed by atoms with Gasteiger partial charge in [0.15, 0.2) is 11.5 Å². The molecule has 5 rings (SSSR count). The van der Waals surface area contributed by atoms with Crippen LogP contribution in [0.2, 0.25) is 0 Å². The first-order valence-corrected chi connectivity index (χ1v) is 8.05. The average molecular weight is 333 g/mol. The van der Waals surface area contributed by atoms with E-state index < -0.39 is 0 Å². The van der Waals surface area contributed by atoms with Crippen molar-refractivity contribution < 1.29 is 19.0 Å². The molecule has 0 saturated carbocycles. The number of ketones is 1. The summed E-state index contributed by atoms with van der Waals surface area (Å²) in [6.45, 7) is 1.13. The Morgan fingerprint density at radius 3 is 2.56 bits per heavy atom. The van der Waals surface area contributed by atoms with Crippen LogP contribution in [-0.4, -0.2) is 25.0 Å². The number of hydrogen-bond donors (Lipinski definition) is 0. The number of methoxy groups -OCH3 is 2. The third-order valence-corrected chi connectivity index (χ3v) is 5.01. The van der Waals surface area contributed by atoms with E-state index in [4.69, 9.17) is 14.2 Å². The third-order valence-electron chi connectivity index (χ3n) is 5.01. The van der Waals surface area contributed by atoms with Crippen molar-refractivity contribution in [2.24, 2.45) is 0 Å². The maximum Gasteiger partial charge on any atom is 0.212 e. The quantitative estimate of drug-likeness (QED) is 0.562. The van der Waals surface area contributed by atoms with Gasteiger partial charge in [0.05, 0.1) is 27.4 Å². The monoisotopic (exact) mass is 333 g/mol. The van der Waals surface area contributed by atoms with Crippen molar-refractivity contribution in [1.29, 1.82) is 0 Å². The van der Waals surface area contributed by atoms with Gasteiger partial charge in [-0.3, -0.25) is 9.78 Å². The molecular formula is C20H15NO4. The number of carbonyl (C=O) groups excluding carboxylic acids is 1. The molecule has 1 aromatic heterocycles. The van der Waals surface area contributed by atoms with Crippen LogP contribution >= 0.6 is 0 Å². The predicted molar refractivity (Wildman–Crippen MR) is 92.2 cm³/mol. The smallest absolute Gasteiger partial charge is 0.212 e. The first-order valence-electron chi connectivity index (χ1n) is 8.05. The Bertz CT molecular complexity index is 1070. The predicted octanol–water partition coefficient (Wildman–Crippen LogP) is 3.49. The number of benzene rings is 2. The molecule has 0 fully saturated rings. The van der Waals surface area contributed by atoms with Crippen molar-refractivity contribution in [2.45, 2.75) is 13.2 Å². The fraction of sp³-hybridized carbons (Fsp3) is 0.200. The lowest BCUT2D eigenvalue weighted by Gasteiger charge is -2.23. The molecule has 0 atom stereocenters. The van der Waals surface area contributed by atoms with E-state index in [-0.39, 0.29) is 5.78 Å². The number of hydrogen-bond acceptors (Lipinski definition) is 5. The number of fused-ring (bicyclic) bond motifs is 4. The van der Waals surface area contributed by atoms with E-state index in [2.05, 4.69) is 11.1 Å². The van der Waals surface area contributed by atoms with Gasteiger partial charge in [-0.25, -0.2) is 0 Å². The topological polar surface area (TPSA) is 57.7 Å². The van der Waals surface area contributed by atoms with Gasteiger partial charge in [-0.1, -0.05) is 0 Å². The van der Waals surface area contributed by atoms with Gasteiger partial charge in [0.1, 0.15) is 5.69 Å². The lowest BCUT2D eigenvalue weighted by molar-refractivity contribution is 0.103. The lowest BCUT2D eigenvalue weighted by Crippen LogP contribution is -2.14. The molecule has 1 aliphatic heterocycles. The summed E-state index contributed by atoms with van der Waals surface area (Å²) in [5, 5.41) is 1.91. The Balaban J connectivity index is 1.97. The van der Waals surface area contributed by atoms with Crippen LogP contribution < -0.4 is 9.47 Å². The molecule has 0 amide bonds. The van der Waals surface area contributed by atoms with Crippen molar-refractivity contribution >= 4 is 16.6 Å². The summed E-state index contributed by atoms with van der Waals surface area (Å²) < 4.78 is 16.5. The Labute approximate surface area is 144 Å².